The zero-order chi connectivity index (χ0) is 27.1. The van der Waals surface area contributed by atoms with E-state index < -0.39 is 57.7 Å². The average Bonchev–Trinajstić information content (AvgIpc) is 2.79. The molecule has 8 nitrogen and oxygen atoms in total. The number of alkyl halides is 3. The first kappa shape index (κ1) is 28.4. The van der Waals surface area contributed by atoms with Crippen molar-refractivity contribution in [3.05, 3.63) is 22.3 Å². The van der Waals surface area contributed by atoms with Gasteiger partial charge in [-0.25, -0.2) is 9.18 Å². The van der Waals surface area contributed by atoms with E-state index in [4.69, 9.17) is 18.8 Å². The molecule has 4 saturated carbocycles. The summed E-state index contributed by atoms with van der Waals surface area (Å²) in [4.78, 5) is 26.4. The normalized spacial score (nSPS) is 33.1. The molecule has 1 N–H and O–H groups in total. The van der Waals surface area contributed by atoms with Gasteiger partial charge in [0.15, 0.2) is 11.9 Å². The quantitative estimate of drug-likeness (QED) is 0.177. The number of hydrogen-bond acceptors (Lipinski definition) is 7. The van der Waals surface area contributed by atoms with Crippen molar-refractivity contribution in [3.8, 4) is 5.75 Å². The lowest BCUT2D eigenvalue weighted by atomic mass is 9.47. The van der Waals surface area contributed by atoms with Crippen LogP contribution in [0, 0.1) is 33.9 Å². The van der Waals surface area contributed by atoms with E-state index in [2.05, 4.69) is 67.8 Å². The Balaban J connectivity index is 1.33. The molecule has 4 fully saturated rings. The van der Waals surface area contributed by atoms with Crippen LogP contribution in [0.25, 0.3) is 0 Å². The summed E-state index contributed by atoms with van der Waals surface area (Å²) in [6.07, 6.45) is -1.88. The predicted molar refractivity (Wildman–Crippen MR) is 146 cm³/mol. The fourth-order valence-corrected chi connectivity index (χ4v) is 9.41. The van der Waals surface area contributed by atoms with Crippen LogP contribution in [-0.2, 0) is 24.4 Å². The van der Waals surface area contributed by atoms with Gasteiger partial charge in [0.1, 0.15) is 5.56 Å². The van der Waals surface area contributed by atoms with Crippen molar-refractivity contribution >= 4 is 89.8 Å². The molecule has 37 heavy (non-hydrogen) atoms. The fraction of sp³-hybridized carbons (Fsp3) is 0.636. The predicted octanol–water partition coefficient (Wildman–Crippen LogP) is 5.32. The van der Waals surface area contributed by atoms with Gasteiger partial charge in [0, 0.05) is 25.4 Å². The minimum absolute atomic E-state index is 0.146. The van der Waals surface area contributed by atoms with E-state index >= 15 is 0 Å². The second kappa shape index (κ2) is 9.46. The van der Waals surface area contributed by atoms with Crippen LogP contribution < -0.4 is 4.74 Å². The number of carbonyl (C=O) groups excluding carboxylic acids is 2. The van der Waals surface area contributed by atoms with Crippen LogP contribution in [0.2, 0.25) is 0 Å². The van der Waals surface area contributed by atoms with E-state index in [0.717, 1.165) is 10.7 Å². The van der Waals surface area contributed by atoms with Crippen molar-refractivity contribution in [3.63, 3.8) is 0 Å². The van der Waals surface area contributed by atoms with Crippen molar-refractivity contribution in [1.29, 1.82) is 0 Å². The van der Waals surface area contributed by atoms with Gasteiger partial charge in [-0.1, -0.05) is 0 Å². The smallest absolute Gasteiger partial charge is 0.400 e. The molecule has 1 aromatic carbocycles. The van der Waals surface area contributed by atoms with Gasteiger partial charge in [0.05, 0.1) is 15.6 Å². The van der Waals surface area contributed by atoms with Crippen LogP contribution >= 0.6 is 67.8 Å². The van der Waals surface area contributed by atoms with Gasteiger partial charge in [-0.05, 0) is 112 Å². The molecule has 0 radical (unpaired) electrons. The summed E-state index contributed by atoms with van der Waals surface area (Å²) in [7, 11) is -5.94. The molecule has 1 aliphatic heterocycles. The van der Waals surface area contributed by atoms with E-state index in [-0.39, 0.29) is 17.8 Å². The number of esters is 2. The summed E-state index contributed by atoms with van der Waals surface area (Å²) in [5.74, 6) is -2.34. The highest BCUT2D eigenvalue weighted by molar-refractivity contribution is 14.1. The van der Waals surface area contributed by atoms with Crippen molar-refractivity contribution in [1.82, 2.24) is 0 Å². The van der Waals surface area contributed by atoms with E-state index in [9.17, 15) is 31.2 Å². The first-order chi connectivity index (χ1) is 17.1. The number of benzene rings is 1. The van der Waals surface area contributed by atoms with Gasteiger partial charge in [0.25, 0.3) is 5.79 Å². The number of ether oxygens (including phenoxy) is 3. The summed E-state index contributed by atoms with van der Waals surface area (Å²) < 4.78 is 90.9. The Kier molecular flexibility index (Phi) is 7.25. The standard InChI is InChI=1S/C22H20F3I3O8S/c23-14(22(24,25)37(31,32)33)1-2-34-19(30)20-6-9-3-10(7-20)21(11(4-9)8-20)35-17-13(27)5-12(26)16(28)15(17)18(29)36-21/h5,9-11,14H,1-4,6-8H2,(H,31,32,33). The molecular weight excluding hydrogens is 862 g/mol. The Morgan fingerprint density at radius 3 is 2.38 bits per heavy atom. The molecule has 4 bridgehead atoms. The van der Waals surface area contributed by atoms with Crippen LogP contribution in [0.5, 0.6) is 5.75 Å². The molecule has 3 atom stereocenters. The Labute approximate surface area is 251 Å². The van der Waals surface area contributed by atoms with Gasteiger partial charge in [-0.2, -0.15) is 17.2 Å². The maximum absolute atomic E-state index is 13.8. The van der Waals surface area contributed by atoms with Gasteiger partial charge in [-0.3, -0.25) is 9.35 Å². The fourth-order valence-electron chi connectivity index (χ4n) is 6.48. The summed E-state index contributed by atoms with van der Waals surface area (Å²) in [5, 5.41) is -5.00. The Morgan fingerprint density at radius 1 is 1.16 bits per heavy atom. The molecular formula is C22H20F3I3O8S. The summed E-state index contributed by atoms with van der Waals surface area (Å²) in [6.45, 7) is -0.772. The highest BCUT2D eigenvalue weighted by Gasteiger charge is 2.69. The molecule has 5 aliphatic rings. The van der Waals surface area contributed by atoms with Gasteiger partial charge in [0.2, 0.25) is 0 Å². The summed E-state index contributed by atoms with van der Waals surface area (Å²) >= 11 is 6.36. The first-order valence-electron chi connectivity index (χ1n) is 11.4. The number of halogens is 6. The molecule has 0 aromatic heterocycles. The first-order valence-corrected chi connectivity index (χ1v) is 16.0. The second-order valence-electron chi connectivity index (χ2n) is 10.1. The molecule has 3 unspecified atom stereocenters. The zero-order valence-electron chi connectivity index (χ0n) is 18.8. The molecule has 1 spiro atoms. The summed E-state index contributed by atoms with van der Waals surface area (Å²) in [5.41, 5.74) is -0.573. The van der Waals surface area contributed by atoms with Crippen LogP contribution in [0.3, 0.4) is 0 Å². The number of rotatable bonds is 6. The Morgan fingerprint density at radius 2 is 1.78 bits per heavy atom. The van der Waals surface area contributed by atoms with Crippen LogP contribution in [0.4, 0.5) is 13.2 Å². The molecule has 15 heteroatoms. The van der Waals surface area contributed by atoms with Crippen LogP contribution in [0.1, 0.15) is 48.9 Å². The number of carbonyl (C=O) groups is 2. The lowest BCUT2D eigenvalue weighted by Crippen LogP contribution is -2.67. The van der Waals surface area contributed by atoms with E-state index in [1.54, 1.807) is 0 Å². The molecule has 204 valence electrons. The maximum Gasteiger partial charge on any atom is 0.400 e. The topological polar surface area (TPSA) is 116 Å². The SMILES string of the molecule is O=C1OC2(Oc3c(I)cc(I)c(I)c31)C1CC3CC2CC(C(=O)OCCC(F)C(F)(F)S(=O)(=O)O)(C3)C1. The van der Waals surface area contributed by atoms with Crippen molar-refractivity contribution < 1.29 is 49.9 Å². The van der Waals surface area contributed by atoms with Gasteiger partial charge in [-0.15, -0.1) is 0 Å². The van der Waals surface area contributed by atoms with Crippen LogP contribution in [0.15, 0.2) is 6.07 Å². The molecule has 6 rings (SSSR count). The monoisotopic (exact) mass is 882 g/mol. The summed E-state index contributed by atoms with van der Waals surface area (Å²) in [6, 6.07) is 1.92. The third-order valence-electron chi connectivity index (χ3n) is 7.92. The number of hydrogen-bond donors (Lipinski definition) is 1. The third kappa shape index (κ3) is 4.47. The number of fused-ring (bicyclic) bond motifs is 1. The van der Waals surface area contributed by atoms with Crippen molar-refractivity contribution in [2.45, 2.75) is 55.7 Å². The van der Waals surface area contributed by atoms with E-state index in [1.165, 1.54) is 0 Å². The second-order valence-corrected chi connectivity index (χ2v) is 15.0. The minimum Gasteiger partial charge on any atom is -0.465 e. The molecule has 0 saturated heterocycles. The van der Waals surface area contributed by atoms with Gasteiger partial charge < -0.3 is 14.2 Å². The largest absolute Gasteiger partial charge is 0.465 e. The highest BCUT2D eigenvalue weighted by atomic mass is 127. The van der Waals surface area contributed by atoms with E-state index in [0.29, 0.717) is 43.4 Å². The highest BCUT2D eigenvalue weighted by Crippen LogP contribution is 2.66. The zero-order valence-corrected chi connectivity index (χ0v) is 26.1. The Hall–Kier alpha value is -0.150. The van der Waals surface area contributed by atoms with Crippen molar-refractivity contribution in [2.24, 2.45) is 23.2 Å². The van der Waals surface area contributed by atoms with Gasteiger partial charge >= 0.3 is 27.3 Å². The molecule has 4 aliphatic carbocycles. The minimum atomic E-state index is -5.94. The average molecular weight is 882 g/mol. The Bertz CT molecular complexity index is 1270. The lowest BCUT2D eigenvalue weighted by molar-refractivity contribution is -0.294. The van der Waals surface area contributed by atoms with Crippen LogP contribution in [-0.4, -0.2) is 48.7 Å². The maximum atomic E-state index is 13.8. The lowest BCUT2D eigenvalue weighted by Gasteiger charge is -2.62. The molecule has 1 aromatic rings. The third-order valence-corrected chi connectivity index (χ3v) is 12.7. The van der Waals surface area contributed by atoms with E-state index in [1.807, 2.05) is 6.07 Å². The van der Waals surface area contributed by atoms with Crippen molar-refractivity contribution in [2.75, 3.05) is 6.61 Å². The molecule has 0 amide bonds. The molecule has 1 heterocycles.